The van der Waals surface area contributed by atoms with E-state index in [0.717, 1.165) is 21.7 Å². The van der Waals surface area contributed by atoms with Crippen molar-refractivity contribution >= 4 is 15.9 Å². The van der Waals surface area contributed by atoms with Gasteiger partial charge in [0.2, 0.25) is 0 Å². The first-order valence-corrected chi connectivity index (χ1v) is 5.38. The van der Waals surface area contributed by atoms with Crippen molar-refractivity contribution in [3.63, 3.8) is 0 Å². The van der Waals surface area contributed by atoms with E-state index in [1.165, 1.54) is 0 Å². The van der Waals surface area contributed by atoms with E-state index in [2.05, 4.69) is 21.0 Å². The summed E-state index contributed by atoms with van der Waals surface area (Å²) in [6.45, 7) is 1.90. The maximum atomic E-state index is 6.09. The summed E-state index contributed by atoms with van der Waals surface area (Å²) in [5, 5.41) is 4.12. The van der Waals surface area contributed by atoms with Crippen LogP contribution < -0.4 is 5.73 Å². The van der Waals surface area contributed by atoms with E-state index >= 15 is 0 Å². The summed E-state index contributed by atoms with van der Waals surface area (Å²) in [6.07, 6.45) is 1.73. The Labute approximate surface area is 96.2 Å². The third-order valence-electron chi connectivity index (χ3n) is 2.30. The highest BCUT2D eigenvalue weighted by Crippen LogP contribution is 2.26. The fourth-order valence-electron chi connectivity index (χ4n) is 1.53. The van der Waals surface area contributed by atoms with Crippen molar-refractivity contribution < 1.29 is 4.42 Å². The molecule has 5 heteroatoms. The molecule has 0 aliphatic rings. The number of hydrogen-bond donors (Lipinski definition) is 1. The third kappa shape index (κ3) is 1.85. The predicted octanol–water partition coefficient (Wildman–Crippen LogP) is 2.13. The molecule has 0 aliphatic heterocycles. The minimum Gasteiger partial charge on any atom is -0.464 e. The minimum atomic E-state index is -0.291. The predicted molar refractivity (Wildman–Crippen MR) is 60.4 cm³/mol. The van der Waals surface area contributed by atoms with E-state index in [9.17, 15) is 0 Å². The number of aryl methyl sites for hydroxylation is 2. The van der Waals surface area contributed by atoms with E-state index in [1.807, 2.05) is 26.1 Å². The number of rotatable bonds is 2. The van der Waals surface area contributed by atoms with Gasteiger partial charge in [-0.15, -0.1) is 0 Å². The first-order valence-electron chi connectivity index (χ1n) is 4.59. The lowest BCUT2D eigenvalue weighted by atomic mass is 10.2. The molecule has 1 unspecified atom stereocenters. The highest BCUT2D eigenvalue weighted by atomic mass is 79.9. The lowest BCUT2D eigenvalue weighted by Crippen LogP contribution is -2.15. The fraction of sp³-hybridized carbons (Fsp3) is 0.300. The van der Waals surface area contributed by atoms with Crippen molar-refractivity contribution in [2.24, 2.45) is 12.8 Å². The van der Waals surface area contributed by atoms with Gasteiger partial charge in [0.05, 0.1) is 16.4 Å². The van der Waals surface area contributed by atoms with Gasteiger partial charge in [-0.2, -0.15) is 5.10 Å². The van der Waals surface area contributed by atoms with Gasteiger partial charge in [0.1, 0.15) is 17.6 Å². The van der Waals surface area contributed by atoms with Crippen LogP contribution in [0.2, 0.25) is 0 Å². The molecule has 0 fully saturated rings. The number of aromatic nitrogens is 2. The van der Waals surface area contributed by atoms with Crippen LogP contribution in [0.25, 0.3) is 0 Å². The third-order valence-corrected chi connectivity index (χ3v) is 2.91. The van der Waals surface area contributed by atoms with E-state index in [-0.39, 0.29) is 6.04 Å². The molecule has 0 radical (unpaired) electrons. The topological polar surface area (TPSA) is 57.0 Å². The van der Waals surface area contributed by atoms with Crippen LogP contribution in [0.3, 0.4) is 0 Å². The highest BCUT2D eigenvalue weighted by Gasteiger charge is 2.19. The monoisotopic (exact) mass is 269 g/mol. The Morgan fingerprint density at radius 1 is 1.53 bits per heavy atom. The molecular weight excluding hydrogens is 258 g/mol. The first kappa shape index (κ1) is 10.4. The Bertz CT molecular complexity index is 455. The average Bonchev–Trinajstić information content (AvgIpc) is 2.73. The first-order chi connectivity index (χ1) is 7.09. The molecule has 0 aromatic carbocycles. The second-order valence-electron chi connectivity index (χ2n) is 3.43. The summed E-state index contributed by atoms with van der Waals surface area (Å²) < 4.78 is 8.13. The molecule has 0 saturated heterocycles. The Balaban J connectivity index is 2.40. The Morgan fingerprint density at radius 3 is 2.73 bits per heavy atom. The van der Waals surface area contributed by atoms with Crippen LogP contribution in [-0.4, -0.2) is 9.78 Å². The van der Waals surface area contributed by atoms with Crippen LogP contribution in [0.15, 0.2) is 27.2 Å². The van der Waals surface area contributed by atoms with Crippen molar-refractivity contribution in [1.29, 1.82) is 0 Å². The molecule has 2 rings (SSSR count). The van der Waals surface area contributed by atoms with Gasteiger partial charge in [-0.3, -0.25) is 4.68 Å². The normalized spacial score (nSPS) is 13.1. The Hall–Kier alpha value is -1.07. The Kier molecular flexibility index (Phi) is 2.67. The maximum Gasteiger partial charge on any atom is 0.127 e. The van der Waals surface area contributed by atoms with Crippen molar-refractivity contribution in [1.82, 2.24) is 9.78 Å². The van der Waals surface area contributed by atoms with Crippen LogP contribution in [0.4, 0.5) is 0 Å². The smallest absolute Gasteiger partial charge is 0.127 e. The van der Waals surface area contributed by atoms with Crippen LogP contribution in [0.1, 0.15) is 23.3 Å². The summed E-state index contributed by atoms with van der Waals surface area (Å²) in [7, 11) is 1.86. The number of nitrogens with two attached hydrogens (primary N) is 1. The van der Waals surface area contributed by atoms with E-state index in [1.54, 1.807) is 10.9 Å². The van der Waals surface area contributed by atoms with Crippen LogP contribution >= 0.6 is 15.9 Å². The molecule has 4 nitrogen and oxygen atoms in total. The second kappa shape index (κ2) is 3.83. The van der Waals surface area contributed by atoms with Crippen LogP contribution in [-0.2, 0) is 7.05 Å². The minimum absolute atomic E-state index is 0.291. The number of nitrogens with zero attached hydrogens (tertiary/aromatic N) is 2. The molecule has 0 aliphatic carbocycles. The SMILES string of the molecule is Cc1ccc(C(N)c2c(Br)cnn2C)o1. The van der Waals surface area contributed by atoms with Crippen molar-refractivity contribution in [3.05, 3.63) is 40.0 Å². The molecule has 1 atom stereocenters. The number of hydrogen-bond acceptors (Lipinski definition) is 3. The zero-order chi connectivity index (χ0) is 11.0. The van der Waals surface area contributed by atoms with E-state index in [4.69, 9.17) is 10.2 Å². The standard InChI is InChI=1S/C10H12BrN3O/c1-6-3-4-8(15-6)9(12)10-7(11)5-13-14(10)2/h3-5,9H,12H2,1-2H3. The molecule has 80 valence electrons. The summed E-state index contributed by atoms with van der Waals surface area (Å²) in [5.74, 6) is 1.61. The molecule has 2 N–H and O–H groups in total. The van der Waals surface area contributed by atoms with Crippen LogP contribution in [0.5, 0.6) is 0 Å². The Morgan fingerprint density at radius 2 is 2.27 bits per heavy atom. The van der Waals surface area contributed by atoms with Gasteiger partial charge in [0.25, 0.3) is 0 Å². The zero-order valence-electron chi connectivity index (χ0n) is 8.57. The van der Waals surface area contributed by atoms with Gasteiger partial charge in [0.15, 0.2) is 0 Å². The van der Waals surface area contributed by atoms with Gasteiger partial charge >= 0.3 is 0 Å². The largest absolute Gasteiger partial charge is 0.464 e. The van der Waals surface area contributed by atoms with E-state index < -0.39 is 0 Å². The summed E-state index contributed by atoms with van der Waals surface area (Å²) in [6, 6.07) is 3.50. The molecule has 2 heterocycles. The molecule has 0 amide bonds. The van der Waals surface area contributed by atoms with Gasteiger partial charge in [-0.05, 0) is 35.0 Å². The molecule has 15 heavy (non-hydrogen) atoms. The number of halogens is 1. The number of furan rings is 1. The van der Waals surface area contributed by atoms with Crippen LogP contribution in [0, 0.1) is 6.92 Å². The zero-order valence-corrected chi connectivity index (χ0v) is 10.2. The molecule has 2 aromatic rings. The summed E-state index contributed by atoms with van der Waals surface area (Å²) >= 11 is 3.42. The van der Waals surface area contributed by atoms with Gasteiger partial charge < -0.3 is 10.2 Å². The summed E-state index contributed by atoms with van der Waals surface area (Å²) in [4.78, 5) is 0. The lowest BCUT2D eigenvalue weighted by molar-refractivity contribution is 0.457. The van der Waals surface area contributed by atoms with E-state index in [0.29, 0.717) is 0 Å². The molecule has 0 spiro atoms. The average molecular weight is 270 g/mol. The van der Waals surface area contributed by atoms with Crippen molar-refractivity contribution in [3.8, 4) is 0 Å². The lowest BCUT2D eigenvalue weighted by Gasteiger charge is -2.10. The summed E-state index contributed by atoms with van der Waals surface area (Å²) in [5.41, 5.74) is 7.00. The van der Waals surface area contributed by atoms with Gasteiger partial charge in [-0.1, -0.05) is 0 Å². The van der Waals surface area contributed by atoms with Gasteiger partial charge in [0, 0.05) is 7.05 Å². The molecule has 0 bridgehead atoms. The fourth-order valence-corrected chi connectivity index (χ4v) is 2.12. The highest BCUT2D eigenvalue weighted by molar-refractivity contribution is 9.10. The van der Waals surface area contributed by atoms with Gasteiger partial charge in [-0.25, -0.2) is 0 Å². The molecule has 2 aromatic heterocycles. The quantitative estimate of drug-likeness (QED) is 0.909. The molecular formula is C10H12BrN3O. The maximum absolute atomic E-state index is 6.09. The molecule has 0 saturated carbocycles. The second-order valence-corrected chi connectivity index (χ2v) is 4.28. The van der Waals surface area contributed by atoms with Crippen molar-refractivity contribution in [2.75, 3.05) is 0 Å². The van der Waals surface area contributed by atoms with Crippen molar-refractivity contribution in [2.45, 2.75) is 13.0 Å².